The molecule has 1 aromatic heterocycles. The van der Waals surface area contributed by atoms with Crippen LogP contribution in [0.25, 0.3) is 0 Å². The molecule has 0 spiro atoms. The van der Waals surface area contributed by atoms with Crippen LogP contribution in [0.2, 0.25) is 0 Å². The van der Waals surface area contributed by atoms with Gasteiger partial charge in [0.05, 0.1) is 24.8 Å². The van der Waals surface area contributed by atoms with E-state index in [1.165, 1.54) is 19.2 Å². The number of anilines is 2. The van der Waals surface area contributed by atoms with Gasteiger partial charge in [-0.3, -0.25) is 19.2 Å². The maximum Gasteiger partial charge on any atom is 0.316 e. The predicted octanol–water partition coefficient (Wildman–Crippen LogP) is 2.13. The van der Waals surface area contributed by atoms with Gasteiger partial charge in [0.2, 0.25) is 21.1 Å². The topological polar surface area (TPSA) is 119 Å². The second-order valence-corrected chi connectivity index (χ2v) is 9.75. The largest absolute Gasteiger partial charge is 0.468 e. The van der Waals surface area contributed by atoms with Gasteiger partial charge in [0.1, 0.15) is 11.9 Å². The minimum Gasteiger partial charge on any atom is -0.468 e. The van der Waals surface area contributed by atoms with Crippen LogP contribution < -0.4 is 9.62 Å². The van der Waals surface area contributed by atoms with Gasteiger partial charge in [-0.05, 0) is 30.7 Å². The third kappa shape index (κ3) is 6.37. The fraction of sp³-hybridized carbons (Fsp3) is 0.375. The van der Waals surface area contributed by atoms with Crippen LogP contribution in [0.3, 0.4) is 0 Å². The van der Waals surface area contributed by atoms with Gasteiger partial charge in [0.25, 0.3) is 0 Å². The molecule has 0 fully saturated rings. The van der Waals surface area contributed by atoms with Crippen molar-refractivity contribution in [2.75, 3.05) is 28.7 Å². The number of thioether (sulfide) groups is 1. The Balaban J connectivity index is 2.18. The van der Waals surface area contributed by atoms with Crippen molar-refractivity contribution >= 4 is 55.8 Å². The Kier molecular flexibility index (Phi) is 7.93. The van der Waals surface area contributed by atoms with Crippen molar-refractivity contribution in [2.24, 2.45) is 0 Å². The SMILES string of the molecule is CCC(C(=O)Nc1nnc(SCC(=O)OC)s1)N(c1ccc(F)cc1)S(C)(=O)=O. The summed E-state index contributed by atoms with van der Waals surface area (Å²) in [6.07, 6.45) is 1.14. The Labute approximate surface area is 175 Å². The van der Waals surface area contributed by atoms with Crippen molar-refractivity contribution in [3.63, 3.8) is 0 Å². The van der Waals surface area contributed by atoms with Crippen molar-refractivity contribution in [1.82, 2.24) is 10.2 Å². The summed E-state index contributed by atoms with van der Waals surface area (Å²) in [4.78, 5) is 23.9. The van der Waals surface area contributed by atoms with E-state index in [1.54, 1.807) is 6.92 Å². The zero-order valence-corrected chi connectivity index (χ0v) is 18.2. The fourth-order valence-electron chi connectivity index (χ4n) is 2.34. The minimum absolute atomic E-state index is 0.0447. The highest BCUT2D eigenvalue weighted by atomic mass is 32.2. The molecule has 1 N–H and O–H groups in total. The lowest BCUT2D eigenvalue weighted by molar-refractivity contribution is -0.137. The molecule has 1 atom stereocenters. The molecule has 1 heterocycles. The fourth-order valence-corrected chi connectivity index (χ4v) is 5.13. The number of hydrogen-bond acceptors (Lipinski definition) is 9. The van der Waals surface area contributed by atoms with E-state index in [9.17, 15) is 22.4 Å². The van der Waals surface area contributed by atoms with Gasteiger partial charge < -0.3 is 4.74 Å². The van der Waals surface area contributed by atoms with Crippen molar-refractivity contribution in [2.45, 2.75) is 23.7 Å². The Morgan fingerprint density at radius 3 is 2.52 bits per heavy atom. The van der Waals surface area contributed by atoms with E-state index in [0.717, 1.165) is 45.8 Å². The first-order chi connectivity index (χ1) is 13.7. The van der Waals surface area contributed by atoms with E-state index < -0.39 is 33.8 Å². The highest BCUT2D eigenvalue weighted by Crippen LogP contribution is 2.27. The molecular weight excluding hydrogens is 443 g/mol. The highest BCUT2D eigenvalue weighted by molar-refractivity contribution is 8.01. The predicted molar refractivity (Wildman–Crippen MR) is 109 cm³/mol. The summed E-state index contributed by atoms with van der Waals surface area (Å²) in [5.74, 6) is -1.51. The molecule has 158 valence electrons. The summed E-state index contributed by atoms with van der Waals surface area (Å²) in [7, 11) is -2.56. The van der Waals surface area contributed by atoms with Crippen LogP contribution >= 0.6 is 23.1 Å². The number of carbonyl (C=O) groups excluding carboxylic acids is 2. The molecule has 13 heteroatoms. The molecule has 0 aliphatic rings. The molecule has 0 aliphatic heterocycles. The molecule has 0 saturated carbocycles. The van der Waals surface area contributed by atoms with Gasteiger partial charge >= 0.3 is 5.97 Å². The number of nitrogens with zero attached hydrogens (tertiary/aromatic N) is 3. The normalized spacial score (nSPS) is 12.3. The molecule has 29 heavy (non-hydrogen) atoms. The number of amides is 1. The maximum absolute atomic E-state index is 13.2. The van der Waals surface area contributed by atoms with Crippen LogP contribution in [0.15, 0.2) is 28.6 Å². The van der Waals surface area contributed by atoms with Gasteiger partial charge in [0, 0.05) is 0 Å². The zero-order valence-electron chi connectivity index (χ0n) is 15.8. The van der Waals surface area contributed by atoms with E-state index in [1.807, 2.05) is 0 Å². The molecule has 1 aromatic carbocycles. The standard InChI is InChI=1S/C16H19FN4O5S3/c1-4-12(21(29(3,24)25)11-7-5-10(17)6-8-11)14(23)18-15-19-20-16(28-15)27-9-13(22)26-2/h5-8,12H,4,9H2,1-3H3,(H,18,19,23). The maximum atomic E-state index is 13.2. The van der Waals surface area contributed by atoms with Crippen molar-refractivity contribution in [1.29, 1.82) is 0 Å². The molecule has 0 bridgehead atoms. The van der Waals surface area contributed by atoms with E-state index in [-0.39, 0.29) is 23.0 Å². The highest BCUT2D eigenvalue weighted by Gasteiger charge is 2.32. The van der Waals surface area contributed by atoms with Gasteiger partial charge in [-0.1, -0.05) is 30.0 Å². The molecular formula is C16H19FN4O5S3. The third-order valence-corrected chi connectivity index (χ3v) is 6.71. The quantitative estimate of drug-likeness (QED) is 0.342. The molecule has 0 aliphatic carbocycles. The molecule has 2 rings (SSSR count). The lowest BCUT2D eigenvalue weighted by atomic mass is 10.2. The lowest BCUT2D eigenvalue weighted by Crippen LogP contribution is -2.47. The second kappa shape index (κ2) is 9.98. The van der Waals surface area contributed by atoms with Crippen molar-refractivity contribution in [3.8, 4) is 0 Å². The van der Waals surface area contributed by atoms with Crippen LogP contribution in [0.4, 0.5) is 15.2 Å². The second-order valence-electron chi connectivity index (χ2n) is 5.69. The monoisotopic (exact) mass is 462 g/mol. The first-order valence-corrected chi connectivity index (χ1v) is 11.9. The first-order valence-electron chi connectivity index (χ1n) is 8.24. The van der Waals surface area contributed by atoms with E-state index in [0.29, 0.717) is 4.34 Å². The molecule has 2 aromatic rings. The smallest absolute Gasteiger partial charge is 0.316 e. The van der Waals surface area contributed by atoms with Gasteiger partial charge in [-0.2, -0.15) is 0 Å². The summed E-state index contributed by atoms with van der Waals surface area (Å²) in [6, 6.07) is 3.74. The zero-order chi connectivity index (χ0) is 21.6. The number of benzene rings is 1. The number of hydrogen-bond donors (Lipinski definition) is 1. The van der Waals surface area contributed by atoms with E-state index in [4.69, 9.17) is 0 Å². The molecule has 0 radical (unpaired) electrons. The molecule has 1 unspecified atom stereocenters. The number of esters is 1. The average Bonchev–Trinajstić information content (AvgIpc) is 3.11. The van der Waals surface area contributed by atoms with Crippen LogP contribution in [0.1, 0.15) is 13.3 Å². The van der Waals surface area contributed by atoms with Crippen LogP contribution in [-0.4, -0.2) is 55.7 Å². The molecule has 9 nitrogen and oxygen atoms in total. The first kappa shape index (κ1) is 23.0. The number of halogens is 1. The van der Waals surface area contributed by atoms with Crippen LogP contribution in [0, 0.1) is 5.82 Å². The summed E-state index contributed by atoms with van der Waals surface area (Å²) in [6.45, 7) is 1.66. The van der Waals surface area contributed by atoms with E-state index >= 15 is 0 Å². The number of aromatic nitrogens is 2. The Hall–Kier alpha value is -2.25. The Morgan fingerprint density at radius 1 is 1.31 bits per heavy atom. The van der Waals surface area contributed by atoms with Gasteiger partial charge in [0.15, 0.2) is 4.34 Å². The number of carbonyl (C=O) groups is 2. The number of ether oxygens (including phenoxy) is 1. The molecule has 1 amide bonds. The summed E-state index contributed by atoms with van der Waals surface area (Å²) >= 11 is 2.14. The molecule has 0 saturated heterocycles. The number of sulfonamides is 1. The summed E-state index contributed by atoms with van der Waals surface area (Å²) < 4.78 is 43.8. The number of nitrogens with one attached hydrogen (secondary N) is 1. The van der Waals surface area contributed by atoms with Crippen molar-refractivity contribution < 1.29 is 27.1 Å². The van der Waals surface area contributed by atoms with E-state index in [2.05, 4.69) is 20.3 Å². The lowest BCUT2D eigenvalue weighted by Gasteiger charge is -2.29. The number of methoxy groups -OCH3 is 1. The summed E-state index contributed by atoms with van der Waals surface area (Å²) in [5.41, 5.74) is 0.169. The van der Waals surface area contributed by atoms with Gasteiger partial charge in [-0.25, -0.2) is 12.8 Å². The summed E-state index contributed by atoms with van der Waals surface area (Å²) in [5, 5.41) is 10.4. The van der Waals surface area contributed by atoms with Crippen LogP contribution in [0.5, 0.6) is 0 Å². The van der Waals surface area contributed by atoms with Crippen LogP contribution in [-0.2, 0) is 24.3 Å². The van der Waals surface area contributed by atoms with Crippen molar-refractivity contribution in [3.05, 3.63) is 30.1 Å². The average molecular weight is 463 g/mol. The Bertz CT molecular complexity index is 965. The van der Waals surface area contributed by atoms with Gasteiger partial charge in [-0.15, -0.1) is 10.2 Å². The number of rotatable bonds is 9. The third-order valence-electron chi connectivity index (χ3n) is 3.59. The Morgan fingerprint density at radius 2 is 1.97 bits per heavy atom. The minimum atomic E-state index is -3.83.